The van der Waals surface area contributed by atoms with Crippen LogP contribution in [0.25, 0.3) is 0 Å². The highest BCUT2D eigenvalue weighted by molar-refractivity contribution is 6.01. The fourth-order valence-corrected chi connectivity index (χ4v) is 2.21. The monoisotopic (exact) mass is 199 g/mol. The summed E-state index contributed by atoms with van der Waals surface area (Å²) in [5, 5.41) is 4.21. The molecule has 2 nitrogen and oxygen atoms in total. The van der Waals surface area contributed by atoms with Crippen LogP contribution in [0.5, 0.6) is 0 Å². The van der Waals surface area contributed by atoms with Crippen LogP contribution in [-0.4, -0.2) is 11.3 Å². The van der Waals surface area contributed by atoms with Gasteiger partial charge in [0.05, 0.1) is 5.71 Å². The summed E-state index contributed by atoms with van der Waals surface area (Å²) in [5.74, 6) is 0. The predicted octanol–water partition coefficient (Wildman–Crippen LogP) is 2.90. The summed E-state index contributed by atoms with van der Waals surface area (Å²) in [7, 11) is 0. The molecule has 2 aliphatic rings. The first-order valence-corrected chi connectivity index (χ1v) is 5.36. The Morgan fingerprint density at radius 1 is 1.20 bits per heavy atom. The van der Waals surface area contributed by atoms with Crippen molar-refractivity contribution in [2.75, 3.05) is 0 Å². The molecule has 0 bridgehead atoms. The molecule has 1 spiro atoms. The molecule has 1 aliphatic carbocycles. The highest BCUT2D eigenvalue weighted by Gasteiger charge is 2.38. The van der Waals surface area contributed by atoms with Crippen molar-refractivity contribution in [3.05, 3.63) is 48.0 Å². The van der Waals surface area contributed by atoms with E-state index in [2.05, 4.69) is 29.4 Å². The van der Waals surface area contributed by atoms with Crippen LogP contribution in [0.15, 0.2) is 47.6 Å². The van der Waals surface area contributed by atoms with E-state index in [1.54, 1.807) is 0 Å². The number of hydrogen-bond donors (Lipinski definition) is 0. The molecular formula is C13H13NO. The van der Waals surface area contributed by atoms with Crippen molar-refractivity contribution in [3.8, 4) is 0 Å². The predicted molar refractivity (Wildman–Crippen MR) is 59.8 cm³/mol. The molecule has 1 heterocycles. The second kappa shape index (κ2) is 3.23. The van der Waals surface area contributed by atoms with Gasteiger partial charge in [0.25, 0.3) is 0 Å². The Morgan fingerprint density at radius 2 is 2.07 bits per heavy atom. The van der Waals surface area contributed by atoms with E-state index in [4.69, 9.17) is 4.84 Å². The molecule has 0 aromatic heterocycles. The molecule has 1 unspecified atom stereocenters. The first kappa shape index (κ1) is 8.72. The fraction of sp³-hybridized carbons (Fsp3) is 0.308. The number of benzene rings is 1. The normalized spacial score (nSPS) is 28.1. The van der Waals surface area contributed by atoms with Gasteiger partial charge in [-0.05, 0) is 24.5 Å². The summed E-state index contributed by atoms with van der Waals surface area (Å²) in [6.07, 6.45) is 7.42. The summed E-state index contributed by atoms with van der Waals surface area (Å²) in [5.41, 5.74) is 2.13. The quantitative estimate of drug-likeness (QED) is 0.637. The van der Waals surface area contributed by atoms with Crippen LogP contribution in [0.1, 0.15) is 24.8 Å². The highest BCUT2D eigenvalue weighted by atomic mass is 16.7. The molecule has 3 rings (SSSR count). The standard InChI is InChI=1S/C13H13NO/c1-2-6-11(7-3-1)12-10-13(15-14-12)8-4-5-9-13/h1-4,6-8H,5,9-10H2. The van der Waals surface area contributed by atoms with Crippen LogP contribution in [0.4, 0.5) is 0 Å². The van der Waals surface area contributed by atoms with Crippen molar-refractivity contribution in [1.82, 2.24) is 0 Å². The van der Waals surface area contributed by atoms with E-state index >= 15 is 0 Å². The summed E-state index contributed by atoms with van der Waals surface area (Å²) in [6.45, 7) is 0. The van der Waals surface area contributed by atoms with Crippen LogP contribution in [-0.2, 0) is 4.84 Å². The molecule has 0 radical (unpaired) electrons. The lowest BCUT2D eigenvalue weighted by Crippen LogP contribution is -2.23. The van der Waals surface area contributed by atoms with Crippen molar-refractivity contribution in [2.45, 2.75) is 24.9 Å². The van der Waals surface area contributed by atoms with E-state index in [0.717, 1.165) is 25.0 Å². The second-order valence-electron chi connectivity index (χ2n) is 4.18. The molecule has 0 amide bonds. The summed E-state index contributed by atoms with van der Waals surface area (Å²) < 4.78 is 0. The van der Waals surface area contributed by atoms with Gasteiger partial charge in [-0.15, -0.1) is 0 Å². The SMILES string of the molecule is C1=CC2(CC1)CC(c1ccccc1)=NO2. The van der Waals surface area contributed by atoms with E-state index < -0.39 is 0 Å². The average molecular weight is 199 g/mol. The molecule has 1 atom stereocenters. The Kier molecular flexibility index (Phi) is 1.88. The van der Waals surface area contributed by atoms with Crippen LogP contribution in [0.3, 0.4) is 0 Å². The van der Waals surface area contributed by atoms with Gasteiger partial charge in [0.15, 0.2) is 5.60 Å². The van der Waals surface area contributed by atoms with E-state index in [-0.39, 0.29) is 5.60 Å². The van der Waals surface area contributed by atoms with Crippen molar-refractivity contribution in [3.63, 3.8) is 0 Å². The Balaban J connectivity index is 1.84. The Morgan fingerprint density at radius 3 is 2.80 bits per heavy atom. The molecule has 2 heteroatoms. The smallest absolute Gasteiger partial charge is 0.161 e. The lowest BCUT2D eigenvalue weighted by Gasteiger charge is -2.17. The molecule has 0 N–H and O–H groups in total. The maximum atomic E-state index is 5.57. The van der Waals surface area contributed by atoms with Gasteiger partial charge >= 0.3 is 0 Å². The Labute approximate surface area is 89.2 Å². The zero-order valence-electron chi connectivity index (χ0n) is 8.52. The Hall–Kier alpha value is -1.57. The van der Waals surface area contributed by atoms with Gasteiger partial charge < -0.3 is 4.84 Å². The minimum absolute atomic E-state index is 0.120. The molecule has 15 heavy (non-hydrogen) atoms. The highest BCUT2D eigenvalue weighted by Crippen LogP contribution is 2.36. The van der Waals surface area contributed by atoms with Gasteiger partial charge in [-0.25, -0.2) is 0 Å². The number of nitrogens with zero attached hydrogens (tertiary/aromatic N) is 1. The molecule has 76 valence electrons. The maximum absolute atomic E-state index is 5.57. The summed E-state index contributed by atoms with van der Waals surface area (Å²) >= 11 is 0. The maximum Gasteiger partial charge on any atom is 0.161 e. The van der Waals surface area contributed by atoms with Gasteiger partial charge in [-0.1, -0.05) is 41.6 Å². The number of oxime groups is 1. The number of allylic oxidation sites excluding steroid dienone is 1. The van der Waals surface area contributed by atoms with Gasteiger partial charge in [0.1, 0.15) is 0 Å². The topological polar surface area (TPSA) is 21.6 Å². The van der Waals surface area contributed by atoms with Crippen molar-refractivity contribution < 1.29 is 4.84 Å². The van der Waals surface area contributed by atoms with Crippen molar-refractivity contribution >= 4 is 5.71 Å². The minimum Gasteiger partial charge on any atom is -0.384 e. The third-order valence-electron chi connectivity index (χ3n) is 3.07. The first-order valence-electron chi connectivity index (χ1n) is 5.36. The number of hydrogen-bond acceptors (Lipinski definition) is 2. The zero-order valence-corrected chi connectivity index (χ0v) is 8.52. The third-order valence-corrected chi connectivity index (χ3v) is 3.07. The largest absolute Gasteiger partial charge is 0.384 e. The van der Waals surface area contributed by atoms with E-state index in [1.165, 1.54) is 5.56 Å². The minimum atomic E-state index is -0.120. The fourth-order valence-electron chi connectivity index (χ4n) is 2.21. The van der Waals surface area contributed by atoms with Crippen LogP contribution >= 0.6 is 0 Å². The summed E-state index contributed by atoms with van der Waals surface area (Å²) in [6, 6.07) is 10.3. The molecule has 1 aromatic rings. The molecule has 1 aliphatic heterocycles. The first-order chi connectivity index (χ1) is 7.38. The Bertz CT molecular complexity index is 421. The third kappa shape index (κ3) is 1.46. The zero-order chi connectivity index (χ0) is 10.1. The lowest BCUT2D eigenvalue weighted by atomic mass is 9.94. The second-order valence-corrected chi connectivity index (χ2v) is 4.18. The van der Waals surface area contributed by atoms with E-state index in [1.807, 2.05) is 18.2 Å². The van der Waals surface area contributed by atoms with Crippen molar-refractivity contribution in [2.24, 2.45) is 5.16 Å². The lowest BCUT2D eigenvalue weighted by molar-refractivity contribution is 0.0213. The number of rotatable bonds is 1. The van der Waals surface area contributed by atoms with E-state index in [0.29, 0.717) is 0 Å². The van der Waals surface area contributed by atoms with E-state index in [9.17, 15) is 0 Å². The van der Waals surface area contributed by atoms with Crippen LogP contribution in [0, 0.1) is 0 Å². The van der Waals surface area contributed by atoms with Gasteiger partial charge in [0, 0.05) is 6.42 Å². The molecule has 0 saturated carbocycles. The van der Waals surface area contributed by atoms with Crippen LogP contribution in [0.2, 0.25) is 0 Å². The van der Waals surface area contributed by atoms with Gasteiger partial charge in [-0.3, -0.25) is 0 Å². The molecule has 0 saturated heterocycles. The van der Waals surface area contributed by atoms with Crippen LogP contribution < -0.4 is 0 Å². The van der Waals surface area contributed by atoms with Crippen molar-refractivity contribution in [1.29, 1.82) is 0 Å². The van der Waals surface area contributed by atoms with Gasteiger partial charge in [0.2, 0.25) is 0 Å². The molecule has 0 fully saturated rings. The molecule has 1 aromatic carbocycles. The van der Waals surface area contributed by atoms with Gasteiger partial charge in [-0.2, -0.15) is 0 Å². The average Bonchev–Trinajstić information content (AvgIpc) is 2.91. The summed E-state index contributed by atoms with van der Waals surface area (Å²) in [4.78, 5) is 5.57. The molecular weight excluding hydrogens is 186 g/mol.